The fourth-order valence-electron chi connectivity index (χ4n) is 2.47. The van der Waals surface area contributed by atoms with Gasteiger partial charge in [0.2, 0.25) is 5.91 Å². The molecule has 0 fully saturated rings. The molecule has 1 unspecified atom stereocenters. The minimum atomic E-state index is -1.51. The van der Waals surface area contributed by atoms with E-state index in [0.29, 0.717) is 11.3 Å². The number of nitrogens with zero attached hydrogens (tertiary/aromatic N) is 1. The number of para-hydroxylation sites is 1. The number of benzene rings is 2. The normalized spacial score (nSPS) is 11.2. The number of amides is 2. The van der Waals surface area contributed by atoms with Gasteiger partial charge in [0.1, 0.15) is 12.1 Å². The van der Waals surface area contributed by atoms with Gasteiger partial charge in [-0.1, -0.05) is 24.3 Å². The Balaban J connectivity index is 0.00000450. The number of anilines is 1. The molecule has 2 aromatic carbocycles. The van der Waals surface area contributed by atoms with Gasteiger partial charge >= 0.3 is 29.6 Å². The van der Waals surface area contributed by atoms with E-state index in [0.717, 1.165) is 0 Å². The van der Waals surface area contributed by atoms with Crippen molar-refractivity contribution in [3.63, 3.8) is 0 Å². The van der Waals surface area contributed by atoms with Crippen molar-refractivity contribution in [1.82, 2.24) is 10.6 Å². The Morgan fingerprint density at radius 2 is 1.90 bits per heavy atom. The summed E-state index contributed by atoms with van der Waals surface area (Å²) in [5.74, 6) is 2.16. The van der Waals surface area contributed by atoms with Crippen molar-refractivity contribution in [1.29, 1.82) is 0 Å². The van der Waals surface area contributed by atoms with Gasteiger partial charge in [-0.25, -0.2) is 0 Å². The number of phenolic OH excluding ortho intramolecular Hbond substituents is 1. The summed E-state index contributed by atoms with van der Waals surface area (Å²) in [5.41, 5.74) is 1.19. The SMILES string of the molecule is NN=CNc1cccc(C(=O)NCC(=O)NC(Cc2ccccc2O)C(=O)[O-])c1.[Na+]. The second-order valence-corrected chi connectivity index (χ2v) is 5.96. The van der Waals surface area contributed by atoms with E-state index in [4.69, 9.17) is 5.84 Å². The third kappa shape index (κ3) is 7.74. The molecule has 0 aliphatic heterocycles. The molecule has 152 valence electrons. The van der Waals surface area contributed by atoms with Gasteiger partial charge in [0.15, 0.2) is 0 Å². The zero-order valence-electron chi connectivity index (χ0n) is 16.3. The van der Waals surface area contributed by atoms with Crippen LogP contribution in [0.25, 0.3) is 0 Å². The molecule has 0 spiro atoms. The minimum absolute atomic E-state index is 0. The second kappa shape index (κ2) is 12.5. The van der Waals surface area contributed by atoms with Gasteiger partial charge in [-0.05, 0) is 29.8 Å². The van der Waals surface area contributed by atoms with Crippen LogP contribution < -0.4 is 56.5 Å². The van der Waals surface area contributed by atoms with E-state index in [1.807, 2.05) is 0 Å². The summed E-state index contributed by atoms with van der Waals surface area (Å²) in [4.78, 5) is 35.6. The van der Waals surface area contributed by atoms with Gasteiger partial charge < -0.3 is 36.8 Å². The molecule has 0 saturated carbocycles. The molecule has 0 bridgehead atoms. The van der Waals surface area contributed by atoms with Crippen LogP contribution in [0.5, 0.6) is 5.75 Å². The summed E-state index contributed by atoms with van der Waals surface area (Å²) >= 11 is 0. The van der Waals surface area contributed by atoms with Crippen molar-refractivity contribution >= 4 is 29.8 Å². The molecule has 2 amide bonds. The molecule has 0 radical (unpaired) electrons. The Kier molecular flexibility index (Phi) is 10.4. The van der Waals surface area contributed by atoms with Gasteiger partial charge in [-0.15, -0.1) is 0 Å². The quantitative estimate of drug-likeness (QED) is 0.0901. The second-order valence-electron chi connectivity index (χ2n) is 5.96. The molecule has 0 aliphatic carbocycles. The van der Waals surface area contributed by atoms with Crippen LogP contribution in [0.2, 0.25) is 0 Å². The topological polar surface area (TPSA) is 169 Å². The van der Waals surface area contributed by atoms with Crippen LogP contribution in [0.4, 0.5) is 5.69 Å². The minimum Gasteiger partial charge on any atom is -0.548 e. The Hall–Kier alpha value is -3.08. The Morgan fingerprint density at radius 1 is 1.17 bits per heavy atom. The van der Waals surface area contributed by atoms with Gasteiger partial charge in [-0.2, -0.15) is 5.10 Å². The molecule has 2 rings (SSSR count). The number of hydrazone groups is 1. The molecule has 2 aromatic rings. The Labute approximate surface area is 194 Å². The number of aromatic hydroxyl groups is 1. The molecule has 6 N–H and O–H groups in total. The smallest absolute Gasteiger partial charge is 0.548 e. The van der Waals surface area contributed by atoms with Crippen LogP contribution in [-0.4, -0.2) is 41.8 Å². The number of phenols is 1. The van der Waals surface area contributed by atoms with Crippen LogP contribution in [-0.2, 0) is 16.0 Å². The third-order valence-electron chi connectivity index (χ3n) is 3.88. The van der Waals surface area contributed by atoms with E-state index < -0.39 is 30.4 Å². The van der Waals surface area contributed by atoms with Gasteiger partial charge in [0, 0.05) is 17.7 Å². The summed E-state index contributed by atoms with van der Waals surface area (Å²) < 4.78 is 0. The van der Waals surface area contributed by atoms with Gasteiger partial charge in [0.05, 0.1) is 18.6 Å². The average Bonchev–Trinajstić information content (AvgIpc) is 2.71. The number of hydrogen-bond acceptors (Lipinski definition) is 7. The van der Waals surface area contributed by atoms with E-state index in [1.165, 1.54) is 24.5 Å². The Bertz CT molecular complexity index is 922. The first kappa shape index (κ1) is 25.0. The van der Waals surface area contributed by atoms with Crippen LogP contribution in [0, 0.1) is 0 Å². The summed E-state index contributed by atoms with van der Waals surface area (Å²) in [5, 5.41) is 31.8. The van der Waals surface area contributed by atoms with E-state index in [1.54, 1.807) is 30.3 Å². The molecule has 30 heavy (non-hydrogen) atoms. The van der Waals surface area contributed by atoms with Crippen LogP contribution >= 0.6 is 0 Å². The van der Waals surface area contributed by atoms with Crippen molar-refractivity contribution in [2.45, 2.75) is 12.5 Å². The number of carbonyl (C=O) groups excluding carboxylic acids is 3. The van der Waals surface area contributed by atoms with Crippen molar-refractivity contribution < 1.29 is 54.2 Å². The van der Waals surface area contributed by atoms with Gasteiger partial charge in [0.25, 0.3) is 5.91 Å². The number of rotatable bonds is 9. The van der Waals surface area contributed by atoms with Gasteiger partial charge in [-0.3, -0.25) is 9.59 Å². The van der Waals surface area contributed by atoms with Crippen molar-refractivity contribution in [2.75, 3.05) is 11.9 Å². The monoisotopic (exact) mass is 421 g/mol. The average molecular weight is 421 g/mol. The number of aliphatic carboxylic acids is 1. The Morgan fingerprint density at radius 3 is 2.57 bits per heavy atom. The zero-order valence-corrected chi connectivity index (χ0v) is 18.3. The third-order valence-corrected chi connectivity index (χ3v) is 3.88. The first-order valence-corrected chi connectivity index (χ1v) is 8.54. The molecule has 0 heterocycles. The van der Waals surface area contributed by atoms with E-state index in [9.17, 15) is 24.6 Å². The largest absolute Gasteiger partial charge is 1.00 e. The molecule has 1 atom stereocenters. The fraction of sp³-hybridized carbons (Fsp3) is 0.158. The number of carboxylic acids is 1. The molecule has 0 aliphatic rings. The van der Waals surface area contributed by atoms with Crippen molar-refractivity contribution in [2.24, 2.45) is 10.9 Å². The number of nitrogens with two attached hydrogens (primary N) is 1. The first-order chi connectivity index (χ1) is 13.9. The summed E-state index contributed by atoms with van der Waals surface area (Å²) in [7, 11) is 0. The maximum Gasteiger partial charge on any atom is 1.00 e. The molecular weight excluding hydrogens is 401 g/mol. The maximum absolute atomic E-state index is 12.2. The molecule has 0 saturated heterocycles. The predicted octanol–water partition coefficient (Wildman–Crippen LogP) is -4.08. The first-order valence-electron chi connectivity index (χ1n) is 8.54. The fourth-order valence-corrected chi connectivity index (χ4v) is 2.47. The van der Waals surface area contributed by atoms with Crippen LogP contribution in [0.1, 0.15) is 15.9 Å². The predicted molar refractivity (Wildman–Crippen MR) is 104 cm³/mol. The van der Waals surface area contributed by atoms with Crippen molar-refractivity contribution in [3.8, 4) is 5.75 Å². The number of carboxylic acid groups (broad SMARTS) is 1. The number of hydrogen-bond donors (Lipinski definition) is 5. The molecular formula is C19H20N5NaO5. The van der Waals surface area contributed by atoms with Crippen LogP contribution in [0.15, 0.2) is 53.6 Å². The molecule has 10 nitrogen and oxygen atoms in total. The number of carbonyl (C=O) groups is 3. The maximum atomic E-state index is 12.2. The summed E-state index contributed by atoms with van der Waals surface area (Å²) in [6.07, 6.45) is 1.08. The zero-order chi connectivity index (χ0) is 21.2. The summed E-state index contributed by atoms with van der Waals surface area (Å²) in [6.45, 7) is -0.439. The molecule has 11 heteroatoms. The standard InChI is InChI=1S/C19H21N5O5.Na/c20-23-11-22-14-6-3-5-13(8-14)18(27)21-10-17(26)24-15(19(28)29)9-12-4-1-2-7-16(12)25;/h1-8,11,15,25H,9-10,20H2,(H,21,27)(H,22,23)(H,24,26)(H,28,29);/q;+1/p-1. The number of nitrogens with one attached hydrogen (secondary N) is 3. The van der Waals surface area contributed by atoms with E-state index in [2.05, 4.69) is 21.1 Å². The molecule has 0 aromatic heterocycles. The summed E-state index contributed by atoms with van der Waals surface area (Å²) in [6, 6.07) is 11.2. The van der Waals surface area contributed by atoms with Crippen LogP contribution in [0.3, 0.4) is 0 Å². The van der Waals surface area contributed by atoms with E-state index in [-0.39, 0.29) is 47.3 Å². The van der Waals surface area contributed by atoms with Crippen molar-refractivity contribution in [3.05, 3.63) is 59.7 Å². The van der Waals surface area contributed by atoms with E-state index >= 15 is 0 Å².